The van der Waals surface area contributed by atoms with Gasteiger partial charge in [0.15, 0.2) is 6.10 Å². The van der Waals surface area contributed by atoms with E-state index in [4.69, 9.17) is 9.15 Å². The Morgan fingerprint density at radius 2 is 1.70 bits per heavy atom. The van der Waals surface area contributed by atoms with Gasteiger partial charge in [-0.2, -0.15) is 0 Å². The van der Waals surface area contributed by atoms with Crippen LogP contribution in [0.2, 0.25) is 0 Å². The van der Waals surface area contributed by atoms with Gasteiger partial charge in [-0.05, 0) is 67.6 Å². The largest absolute Gasteiger partial charge is 0.468 e. The highest BCUT2D eigenvalue weighted by Gasteiger charge is 2.20. The van der Waals surface area contributed by atoms with Gasteiger partial charge in [-0.25, -0.2) is 17.9 Å². The molecule has 0 aliphatic heterocycles. The molecule has 0 spiro atoms. The van der Waals surface area contributed by atoms with Gasteiger partial charge in [0, 0.05) is 25.5 Å². The Kier molecular flexibility index (Phi) is 7.52. The second-order valence-electron chi connectivity index (χ2n) is 7.41. The van der Waals surface area contributed by atoms with Gasteiger partial charge >= 0.3 is 5.97 Å². The number of furan rings is 1. The van der Waals surface area contributed by atoms with Gasteiger partial charge in [0.05, 0.1) is 23.3 Å². The molecule has 3 rings (SSSR count). The van der Waals surface area contributed by atoms with Crippen LogP contribution in [0.25, 0.3) is 0 Å². The van der Waals surface area contributed by atoms with Crippen LogP contribution >= 0.6 is 0 Å². The zero-order valence-electron chi connectivity index (χ0n) is 18.4. The number of carbonyl (C=O) groups excluding carboxylic acids is 2. The molecular weight excluding hydrogens is 446 g/mol. The molecule has 0 saturated heterocycles. The average molecular weight is 472 g/mol. The molecule has 0 bridgehead atoms. The number of nitrogens with zero attached hydrogens (tertiary/aromatic N) is 1. The second kappa shape index (κ2) is 10.3. The van der Waals surface area contributed by atoms with E-state index in [1.165, 1.54) is 37.5 Å². The van der Waals surface area contributed by atoms with Crippen LogP contribution in [0.3, 0.4) is 0 Å². The SMILES string of the molecule is C[C@H](OC(=O)c1ccc(S(=O)(=O)NCc2ccco2)cc1)C(=O)Nc1ccc(N(C)C)cc1. The lowest BCUT2D eigenvalue weighted by atomic mass is 10.2. The molecule has 1 aromatic heterocycles. The molecule has 2 aromatic carbocycles. The van der Waals surface area contributed by atoms with E-state index in [0.717, 1.165) is 5.69 Å². The smallest absolute Gasteiger partial charge is 0.338 e. The summed E-state index contributed by atoms with van der Waals surface area (Å²) in [5, 5.41) is 2.69. The lowest BCUT2D eigenvalue weighted by Gasteiger charge is -2.15. The number of amides is 1. The summed E-state index contributed by atoms with van der Waals surface area (Å²) in [6.45, 7) is 1.46. The monoisotopic (exact) mass is 471 g/mol. The molecule has 1 amide bonds. The van der Waals surface area contributed by atoms with Crippen LogP contribution in [0.15, 0.2) is 76.2 Å². The first kappa shape index (κ1) is 24.0. The van der Waals surface area contributed by atoms with Crippen molar-refractivity contribution >= 4 is 33.3 Å². The Balaban J connectivity index is 1.56. The number of ether oxygens (including phenoxy) is 1. The molecular formula is C23H25N3O6S. The Labute approximate surface area is 192 Å². The van der Waals surface area contributed by atoms with Gasteiger partial charge in [0.25, 0.3) is 5.91 Å². The highest BCUT2D eigenvalue weighted by Crippen LogP contribution is 2.17. The van der Waals surface area contributed by atoms with Gasteiger partial charge in [0.1, 0.15) is 5.76 Å². The summed E-state index contributed by atoms with van der Waals surface area (Å²) in [5.74, 6) is -0.755. The van der Waals surface area contributed by atoms with E-state index >= 15 is 0 Å². The molecule has 1 heterocycles. The summed E-state index contributed by atoms with van der Waals surface area (Å²) in [5.41, 5.74) is 1.68. The maximum Gasteiger partial charge on any atom is 0.338 e. The number of hydrogen-bond acceptors (Lipinski definition) is 7. The number of carbonyl (C=O) groups is 2. The zero-order valence-corrected chi connectivity index (χ0v) is 19.3. The van der Waals surface area contributed by atoms with Gasteiger partial charge in [-0.15, -0.1) is 0 Å². The van der Waals surface area contributed by atoms with E-state index in [2.05, 4.69) is 10.0 Å². The molecule has 174 valence electrons. The van der Waals surface area contributed by atoms with Crippen molar-refractivity contribution < 1.29 is 27.2 Å². The predicted molar refractivity (Wildman–Crippen MR) is 123 cm³/mol. The van der Waals surface area contributed by atoms with Crippen LogP contribution in [0.4, 0.5) is 11.4 Å². The van der Waals surface area contributed by atoms with Crippen molar-refractivity contribution in [3.8, 4) is 0 Å². The fourth-order valence-corrected chi connectivity index (χ4v) is 3.80. The third-order valence-corrected chi connectivity index (χ3v) is 6.14. The summed E-state index contributed by atoms with van der Waals surface area (Å²) in [6, 6.07) is 15.8. The van der Waals surface area contributed by atoms with Crippen molar-refractivity contribution in [3.05, 3.63) is 78.3 Å². The first-order chi connectivity index (χ1) is 15.7. The lowest BCUT2D eigenvalue weighted by Crippen LogP contribution is -2.30. The molecule has 0 radical (unpaired) electrons. The van der Waals surface area contributed by atoms with Gasteiger partial charge < -0.3 is 19.4 Å². The van der Waals surface area contributed by atoms with E-state index in [0.29, 0.717) is 11.4 Å². The highest BCUT2D eigenvalue weighted by atomic mass is 32.2. The summed E-state index contributed by atoms with van der Waals surface area (Å²) >= 11 is 0. The molecule has 33 heavy (non-hydrogen) atoms. The first-order valence-electron chi connectivity index (χ1n) is 10.1. The Bertz CT molecular complexity index is 1190. The molecule has 10 heteroatoms. The molecule has 0 fully saturated rings. The van der Waals surface area contributed by atoms with Gasteiger partial charge in [-0.1, -0.05) is 0 Å². The topological polar surface area (TPSA) is 118 Å². The van der Waals surface area contributed by atoms with E-state index in [1.54, 1.807) is 24.3 Å². The second-order valence-corrected chi connectivity index (χ2v) is 9.17. The third kappa shape index (κ3) is 6.43. The Morgan fingerprint density at radius 3 is 2.27 bits per heavy atom. The lowest BCUT2D eigenvalue weighted by molar-refractivity contribution is -0.123. The maximum atomic E-state index is 12.4. The molecule has 0 unspecified atom stereocenters. The number of nitrogens with one attached hydrogen (secondary N) is 2. The summed E-state index contributed by atoms with van der Waals surface area (Å²) in [6.07, 6.45) is 0.399. The molecule has 2 N–H and O–H groups in total. The summed E-state index contributed by atoms with van der Waals surface area (Å²) in [4.78, 5) is 26.7. The fraction of sp³-hybridized carbons (Fsp3) is 0.217. The number of sulfonamides is 1. The molecule has 1 atom stereocenters. The molecule has 0 aliphatic carbocycles. The van der Waals surface area contributed by atoms with E-state index < -0.39 is 28.0 Å². The summed E-state index contributed by atoms with van der Waals surface area (Å²) < 4.78 is 37.5. The quantitative estimate of drug-likeness (QED) is 0.461. The van der Waals surface area contributed by atoms with Crippen LogP contribution in [0.5, 0.6) is 0 Å². The van der Waals surface area contributed by atoms with Crippen molar-refractivity contribution in [1.82, 2.24) is 4.72 Å². The van der Waals surface area contributed by atoms with Crippen molar-refractivity contribution in [3.63, 3.8) is 0 Å². The standard InChI is InChI=1S/C23H25N3O6S/c1-16(22(27)25-18-8-10-19(11-9-18)26(2)3)32-23(28)17-6-12-21(13-7-17)33(29,30)24-15-20-5-4-14-31-20/h4-14,16,24H,15H2,1-3H3,(H,25,27)/t16-/m0/s1. The minimum atomic E-state index is -3.79. The number of hydrogen-bond donors (Lipinski definition) is 2. The first-order valence-corrected chi connectivity index (χ1v) is 11.6. The van der Waals surface area contributed by atoms with Crippen LogP contribution in [0.1, 0.15) is 23.0 Å². The van der Waals surface area contributed by atoms with Crippen molar-refractivity contribution in [2.24, 2.45) is 0 Å². The number of benzene rings is 2. The number of rotatable bonds is 9. The van der Waals surface area contributed by atoms with E-state index in [9.17, 15) is 18.0 Å². The van der Waals surface area contributed by atoms with Crippen LogP contribution in [-0.2, 0) is 26.1 Å². The van der Waals surface area contributed by atoms with Crippen molar-refractivity contribution in [2.45, 2.75) is 24.5 Å². The molecule has 3 aromatic rings. The Hall–Kier alpha value is -3.63. The predicted octanol–water partition coefficient (Wildman–Crippen LogP) is 3.01. The van der Waals surface area contributed by atoms with E-state index in [-0.39, 0.29) is 17.0 Å². The minimum absolute atomic E-state index is 0.00360. The van der Waals surface area contributed by atoms with Gasteiger partial charge in [-0.3, -0.25) is 4.79 Å². The minimum Gasteiger partial charge on any atom is -0.468 e. The molecule has 9 nitrogen and oxygen atoms in total. The maximum absolute atomic E-state index is 12.4. The summed E-state index contributed by atoms with van der Waals surface area (Å²) in [7, 11) is 0.0348. The third-order valence-electron chi connectivity index (χ3n) is 4.72. The average Bonchev–Trinajstić information content (AvgIpc) is 3.32. The van der Waals surface area contributed by atoms with Crippen molar-refractivity contribution in [1.29, 1.82) is 0 Å². The number of esters is 1. The molecule has 0 aliphatic rings. The van der Waals surface area contributed by atoms with Gasteiger partial charge in [0.2, 0.25) is 10.0 Å². The van der Waals surface area contributed by atoms with Crippen LogP contribution in [0, 0.1) is 0 Å². The number of anilines is 2. The zero-order chi connectivity index (χ0) is 24.0. The molecule has 0 saturated carbocycles. The Morgan fingerprint density at radius 1 is 1.03 bits per heavy atom. The normalized spacial score (nSPS) is 12.1. The fourth-order valence-electron chi connectivity index (χ4n) is 2.80. The van der Waals surface area contributed by atoms with Crippen LogP contribution < -0.4 is 14.9 Å². The highest BCUT2D eigenvalue weighted by molar-refractivity contribution is 7.89. The van der Waals surface area contributed by atoms with Crippen molar-refractivity contribution in [2.75, 3.05) is 24.3 Å². The van der Waals surface area contributed by atoms with Crippen LogP contribution in [-0.4, -0.2) is 40.5 Å². The van der Waals surface area contributed by atoms with E-state index in [1.807, 2.05) is 31.1 Å².